The van der Waals surface area contributed by atoms with Crippen molar-refractivity contribution in [3.05, 3.63) is 107 Å². The van der Waals surface area contributed by atoms with Gasteiger partial charge in [-0.25, -0.2) is 4.79 Å². The van der Waals surface area contributed by atoms with Crippen LogP contribution in [0.1, 0.15) is 76.4 Å². The quantitative estimate of drug-likeness (QED) is 0.140. The van der Waals surface area contributed by atoms with Crippen LogP contribution in [0, 0.1) is 0 Å². The van der Waals surface area contributed by atoms with Crippen molar-refractivity contribution in [2.24, 2.45) is 0 Å². The lowest BCUT2D eigenvalue weighted by Crippen LogP contribution is -2.47. The number of benzene rings is 3. The molecule has 2 aliphatic heterocycles. The minimum atomic E-state index is -0.365. The van der Waals surface area contributed by atoms with E-state index in [2.05, 4.69) is 24.3 Å². The molecule has 2 aliphatic rings. The highest BCUT2D eigenvalue weighted by atomic mass is 16.6. The van der Waals surface area contributed by atoms with Gasteiger partial charge in [0.15, 0.2) is 0 Å². The Kier molecular flexibility index (Phi) is 11.0. The third-order valence-corrected chi connectivity index (χ3v) is 9.13. The van der Waals surface area contributed by atoms with E-state index in [9.17, 15) is 14.4 Å². The summed E-state index contributed by atoms with van der Waals surface area (Å²) < 4.78 is 6.65. The molecule has 5 rings (SSSR count). The smallest absolute Gasteiger partial charge is 0.408 e. The van der Waals surface area contributed by atoms with Crippen molar-refractivity contribution in [3.63, 3.8) is 0 Å². The van der Waals surface area contributed by atoms with Crippen molar-refractivity contribution in [1.82, 2.24) is 15.1 Å². The first kappa shape index (κ1) is 32.4. The van der Waals surface area contributed by atoms with Gasteiger partial charge < -0.3 is 19.4 Å². The lowest BCUT2D eigenvalue weighted by molar-refractivity contribution is -0.889. The summed E-state index contributed by atoms with van der Waals surface area (Å²) in [5.74, 6) is -0.344. The number of carbonyl (C=O) groups is 3. The third-order valence-electron chi connectivity index (χ3n) is 9.13. The molecule has 3 aromatic carbocycles. The number of rotatable bonds is 14. The molecule has 0 saturated carbocycles. The molecule has 8 nitrogen and oxygen atoms in total. The van der Waals surface area contributed by atoms with E-state index in [1.165, 1.54) is 17.7 Å². The first-order chi connectivity index (χ1) is 21.8. The fourth-order valence-electron chi connectivity index (χ4n) is 6.36. The molecule has 1 saturated heterocycles. The Labute approximate surface area is 267 Å². The number of hydrogen-bond acceptors (Lipinski definition) is 5. The average Bonchev–Trinajstić information content (AvgIpc) is 3.30. The molecule has 238 valence electrons. The van der Waals surface area contributed by atoms with Crippen molar-refractivity contribution in [3.8, 4) is 0 Å². The Morgan fingerprint density at radius 3 is 1.87 bits per heavy atom. The van der Waals surface area contributed by atoms with E-state index in [4.69, 9.17) is 4.74 Å². The highest BCUT2D eigenvalue weighted by molar-refractivity contribution is 6.21. The van der Waals surface area contributed by atoms with Gasteiger partial charge in [-0.05, 0) is 61.9 Å². The maximum Gasteiger partial charge on any atom is 0.408 e. The SMILES string of the molecule is C[N+](C)(CCCCCCN1CCC(OC(=O)NC(c2ccccc2)c2ccccc2)CC1)CCN1C(=O)c2ccccc2C1=O. The average molecular weight is 612 g/mol. The molecule has 1 fully saturated rings. The van der Waals surface area contributed by atoms with Crippen LogP contribution in [0.3, 0.4) is 0 Å². The lowest BCUT2D eigenvalue weighted by Gasteiger charge is -2.32. The molecule has 0 spiro atoms. The summed E-state index contributed by atoms with van der Waals surface area (Å²) in [5.41, 5.74) is 3.09. The number of nitrogens with one attached hydrogen (secondary N) is 1. The molecule has 3 aromatic rings. The number of imide groups is 1. The normalized spacial score (nSPS) is 15.8. The highest BCUT2D eigenvalue weighted by Gasteiger charge is 2.36. The molecule has 0 aromatic heterocycles. The number of amides is 3. The number of carbonyl (C=O) groups excluding carboxylic acids is 3. The van der Waals surface area contributed by atoms with Crippen LogP contribution >= 0.6 is 0 Å². The number of unbranched alkanes of at least 4 members (excludes halogenated alkanes) is 3. The predicted molar refractivity (Wildman–Crippen MR) is 176 cm³/mol. The number of nitrogens with zero attached hydrogens (tertiary/aromatic N) is 3. The van der Waals surface area contributed by atoms with Gasteiger partial charge in [-0.15, -0.1) is 0 Å². The number of fused-ring (bicyclic) bond motifs is 1. The minimum absolute atomic E-state index is 0.0613. The standard InChI is InChI=1S/C37H46N4O4/c1-41(2,28-26-40-35(42)32-19-11-12-20-33(32)36(40)43)27-14-4-3-13-23-39-24-21-31(22-25-39)45-37(44)38-34(29-15-7-5-8-16-29)30-17-9-6-10-18-30/h5-12,15-20,31,34H,3-4,13-14,21-28H2,1-2H3/p+1. The third kappa shape index (κ3) is 8.80. The fourth-order valence-corrected chi connectivity index (χ4v) is 6.36. The van der Waals surface area contributed by atoms with E-state index < -0.39 is 0 Å². The van der Waals surface area contributed by atoms with Crippen LogP contribution in [0.5, 0.6) is 0 Å². The van der Waals surface area contributed by atoms with Crippen LogP contribution in [0.4, 0.5) is 4.79 Å². The highest BCUT2D eigenvalue weighted by Crippen LogP contribution is 2.24. The van der Waals surface area contributed by atoms with Gasteiger partial charge in [-0.2, -0.15) is 0 Å². The van der Waals surface area contributed by atoms with Crippen LogP contribution in [-0.4, -0.2) is 91.7 Å². The topological polar surface area (TPSA) is 79.0 Å². The molecular weight excluding hydrogens is 564 g/mol. The molecule has 1 N–H and O–H groups in total. The van der Waals surface area contributed by atoms with Gasteiger partial charge in [0.2, 0.25) is 0 Å². The zero-order chi connectivity index (χ0) is 31.6. The molecule has 0 atom stereocenters. The zero-order valence-electron chi connectivity index (χ0n) is 26.7. The summed E-state index contributed by atoms with van der Waals surface area (Å²) >= 11 is 0. The van der Waals surface area contributed by atoms with Gasteiger partial charge in [0.1, 0.15) is 6.10 Å². The molecule has 0 bridgehead atoms. The van der Waals surface area contributed by atoms with Crippen molar-refractivity contribution >= 4 is 17.9 Å². The van der Waals surface area contributed by atoms with Crippen LogP contribution in [0.2, 0.25) is 0 Å². The summed E-state index contributed by atoms with van der Waals surface area (Å²) in [6, 6.07) is 26.8. The Bertz CT molecular complexity index is 1350. The minimum Gasteiger partial charge on any atom is -0.446 e. The molecule has 3 amide bonds. The van der Waals surface area contributed by atoms with Crippen LogP contribution in [0.25, 0.3) is 0 Å². The summed E-state index contributed by atoms with van der Waals surface area (Å²) in [6.07, 6.45) is 5.90. The molecule has 45 heavy (non-hydrogen) atoms. The van der Waals surface area contributed by atoms with E-state index >= 15 is 0 Å². The zero-order valence-corrected chi connectivity index (χ0v) is 26.7. The molecular formula is C37H47N4O4+. The number of alkyl carbamates (subject to hydrolysis) is 1. The second-order valence-corrected chi connectivity index (χ2v) is 12.9. The molecule has 8 heteroatoms. The van der Waals surface area contributed by atoms with Gasteiger partial charge in [-0.3, -0.25) is 14.5 Å². The van der Waals surface area contributed by atoms with Crippen LogP contribution < -0.4 is 5.32 Å². The van der Waals surface area contributed by atoms with E-state index in [0.717, 1.165) is 74.0 Å². The number of likely N-dealkylation sites (N-methyl/N-ethyl adjacent to an activating group) is 1. The summed E-state index contributed by atoms with van der Waals surface area (Å²) in [7, 11) is 4.35. The summed E-state index contributed by atoms with van der Waals surface area (Å²) in [4.78, 5) is 42.1. The molecule has 0 aliphatic carbocycles. The number of ether oxygens (including phenoxy) is 1. The summed E-state index contributed by atoms with van der Waals surface area (Å²) in [6.45, 7) is 5.17. The molecule has 2 heterocycles. The van der Waals surface area contributed by atoms with Crippen molar-refractivity contribution in [2.75, 3.05) is 53.4 Å². The van der Waals surface area contributed by atoms with Crippen molar-refractivity contribution < 1.29 is 23.6 Å². The van der Waals surface area contributed by atoms with E-state index in [0.29, 0.717) is 17.7 Å². The van der Waals surface area contributed by atoms with Gasteiger partial charge in [-0.1, -0.05) is 79.2 Å². The van der Waals surface area contributed by atoms with E-state index in [1.807, 2.05) is 60.7 Å². The second-order valence-electron chi connectivity index (χ2n) is 12.9. The number of likely N-dealkylation sites (tertiary alicyclic amines) is 1. The Morgan fingerprint density at radius 2 is 1.29 bits per heavy atom. The first-order valence-corrected chi connectivity index (χ1v) is 16.4. The van der Waals surface area contributed by atoms with Crippen molar-refractivity contribution in [1.29, 1.82) is 0 Å². The Balaban J connectivity index is 0.946. The van der Waals surface area contributed by atoms with E-state index in [1.54, 1.807) is 24.3 Å². The number of hydrogen-bond donors (Lipinski definition) is 1. The Hall–Kier alpha value is -4.01. The fraction of sp³-hybridized carbons (Fsp3) is 0.432. The van der Waals surface area contributed by atoms with Crippen molar-refractivity contribution in [2.45, 2.75) is 50.7 Å². The predicted octanol–water partition coefficient (Wildman–Crippen LogP) is 5.90. The monoisotopic (exact) mass is 611 g/mol. The number of piperidine rings is 1. The van der Waals surface area contributed by atoms with Crippen LogP contribution in [0.15, 0.2) is 84.9 Å². The first-order valence-electron chi connectivity index (χ1n) is 16.4. The van der Waals surface area contributed by atoms with Gasteiger partial charge >= 0.3 is 6.09 Å². The number of quaternary nitrogens is 1. The largest absolute Gasteiger partial charge is 0.446 e. The maximum absolute atomic E-state index is 12.9. The lowest BCUT2D eigenvalue weighted by atomic mass is 9.99. The van der Waals surface area contributed by atoms with Gasteiger partial charge in [0.05, 0.1) is 50.9 Å². The molecule has 0 unspecified atom stereocenters. The van der Waals surface area contributed by atoms with Gasteiger partial charge in [0.25, 0.3) is 11.8 Å². The second kappa shape index (κ2) is 15.3. The van der Waals surface area contributed by atoms with Crippen LogP contribution in [-0.2, 0) is 4.74 Å². The Morgan fingerprint density at radius 1 is 0.756 bits per heavy atom. The summed E-state index contributed by atoms with van der Waals surface area (Å²) in [5, 5.41) is 3.09. The van der Waals surface area contributed by atoms with Gasteiger partial charge in [0, 0.05) is 13.1 Å². The molecule has 0 radical (unpaired) electrons. The van der Waals surface area contributed by atoms with E-state index in [-0.39, 0.29) is 30.1 Å². The maximum atomic E-state index is 12.9.